The van der Waals surface area contributed by atoms with Gasteiger partial charge in [-0.1, -0.05) is 35.9 Å². The Hall–Kier alpha value is -2.79. The molecule has 3 aromatic rings. The summed E-state index contributed by atoms with van der Waals surface area (Å²) >= 11 is 6.30. The first-order valence-electron chi connectivity index (χ1n) is 8.88. The van der Waals surface area contributed by atoms with Crippen molar-refractivity contribution < 1.29 is 14.3 Å². The highest BCUT2D eigenvalue weighted by atomic mass is 35.5. The lowest BCUT2D eigenvalue weighted by atomic mass is 10.1. The van der Waals surface area contributed by atoms with Gasteiger partial charge in [0.2, 0.25) is 5.91 Å². The van der Waals surface area contributed by atoms with Gasteiger partial charge in [-0.3, -0.25) is 9.78 Å². The lowest BCUT2D eigenvalue weighted by Gasteiger charge is -2.12. The van der Waals surface area contributed by atoms with Crippen LogP contribution in [0, 0.1) is 0 Å². The Bertz CT molecular complexity index is 985. The Balaban J connectivity index is 1.45. The van der Waals surface area contributed by atoms with E-state index in [0.717, 1.165) is 28.5 Å². The molecule has 0 aliphatic carbocycles. The fourth-order valence-electron chi connectivity index (χ4n) is 3.13. The number of pyridine rings is 1. The fraction of sp³-hybridized carbons (Fsp3) is 0.238. The standard InChI is InChI=1S/C21H19ClN2O3/c22-17-10-14(11-18-21(17)27-9-3-8-26-18)13-24-19(25)12-16-5-1-4-15-6-2-7-23-20(15)16/h1-2,4-7,10-11H,3,8-9,12-13H2,(H,24,25). The van der Waals surface area contributed by atoms with E-state index in [9.17, 15) is 4.79 Å². The molecule has 0 saturated carbocycles. The maximum Gasteiger partial charge on any atom is 0.224 e. The number of benzene rings is 2. The molecule has 138 valence electrons. The van der Waals surface area contributed by atoms with Crippen molar-refractivity contribution in [3.8, 4) is 11.5 Å². The average molecular weight is 383 g/mol. The van der Waals surface area contributed by atoms with Gasteiger partial charge >= 0.3 is 0 Å². The number of para-hydroxylation sites is 1. The third-order valence-corrected chi connectivity index (χ3v) is 4.70. The van der Waals surface area contributed by atoms with Crippen molar-refractivity contribution in [1.82, 2.24) is 10.3 Å². The van der Waals surface area contributed by atoms with Crippen LogP contribution in [0.2, 0.25) is 5.02 Å². The summed E-state index contributed by atoms with van der Waals surface area (Å²) < 4.78 is 11.3. The number of hydrogen-bond acceptors (Lipinski definition) is 4. The first-order chi connectivity index (χ1) is 13.2. The van der Waals surface area contributed by atoms with Crippen LogP contribution < -0.4 is 14.8 Å². The van der Waals surface area contributed by atoms with E-state index in [1.807, 2.05) is 36.4 Å². The zero-order valence-corrected chi connectivity index (χ0v) is 15.5. The van der Waals surface area contributed by atoms with E-state index in [1.54, 1.807) is 12.3 Å². The molecule has 2 aromatic carbocycles. The van der Waals surface area contributed by atoms with Gasteiger partial charge in [0.25, 0.3) is 0 Å². The molecule has 1 aromatic heterocycles. The number of carbonyl (C=O) groups excluding carboxylic acids is 1. The third kappa shape index (κ3) is 3.98. The summed E-state index contributed by atoms with van der Waals surface area (Å²) in [7, 11) is 0. The molecule has 2 heterocycles. The van der Waals surface area contributed by atoms with Crippen LogP contribution in [-0.4, -0.2) is 24.1 Å². The number of hydrogen-bond donors (Lipinski definition) is 1. The molecule has 0 unspecified atom stereocenters. The second kappa shape index (κ2) is 7.84. The van der Waals surface area contributed by atoms with Crippen molar-refractivity contribution in [1.29, 1.82) is 0 Å². The monoisotopic (exact) mass is 382 g/mol. The zero-order valence-electron chi connectivity index (χ0n) is 14.7. The molecule has 5 nitrogen and oxygen atoms in total. The van der Waals surface area contributed by atoms with Gasteiger partial charge in [0.05, 0.1) is 30.2 Å². The topological polar surface area (TPSA) is 60.5 Å². The quantitative estimate of drug-likeness (QED) is 0.743. The number of nitrogens with one attached hydrogen (secondary N) is 1. The predicted octanol–water partition coefficient (Wildman–Crippen LogP) is 3.91. The van der Waals surface area contributed by atoms with E-state index in [4.69, 9.17) is 21.1 Å². The molecule has 0 spiro atoms. The van der Waals surface area contributed by atoms with E-state index >= 15 is 0 Å². The first kappa shape index (κ1) is 17.6. The SMILES string of the molecule is O=C(Cc1cccc2cccnc12)NCc1cc(Cl)c2c(c1)OCCCO2. The summed E-state index contributed by atoms with van der Waals surface area (Å²) in [6.07, 6.45) is 2.83. The minimum Gasteiger partial charge on any atom is -0.489 e. The van der Waals surface area contributed by atoms with E-state index in [0.29, 0.717) is 36.3 Å². The molecule has 1 N–H and O–H groups in total. The largest absolute Gasteiger partial charge is 0.489 e. The molecule has 0 fully saturated rings. The normalized spacial score (nSPS) is 13.2. The van der Waals surface area contributed by atoms with Crippen LogP contribution in [0.15, 0.2) is 48.7 Å². The summed E-state index contributed by atoms with van der Waals surface area (Å²) in [5.41, 5.74) is 2.63. The van der Waals surface area contributed by atoms with Crippen LogP contribution in [0.25, 0.3) is 10.9 Å². The highest BCUT2D eigenvalue weighted by Gasteiger charge is 2.16. The highest BCUT2D eigenvalue weighted by Crippen LogP contribution is 2.37. The van der Waals surface area contributed by atoms with Crippen LogP contribution in [-0.2, 0) is 17.8 Å². The van der Waals surface area contributed by atoms with Gasteiger partial charge in [-0.05, 0) is 29.3 Å². The van der Waals surface area contributed by atoms with Crippen molar-refractivity contribution in [2.75, 3.05) is 13.2 Å². The molecule has 1 aliphatic rings. The molecule has 0 bridgehead atoms. The van der Waals surface area contributed by atoms with Gasteiger partial charge in [-0.2, -0.15) is 0 Å². The van der Waals surface area contributed by atoms with Gasteiger partial charge in [0.1, 0.15) is 0 Å². The van der Waals surface area contributed by atoms with E-state index in [2.05, 4.69) is 10.3 Å². The smallest absolute Gasteiger partial charge is 0.224 e. The minimum absolute atomic E-state index is 0.0728. The fourth-order valence-corrected chi connectivity index (χ4v) is 3.42. The first-order valence-corrected chi connectivity index (χ1v) is 9.26. The summed E-state index contributed by atoms with van der Waals surface area (Å²) in [5, 5.41) is 4.46. The van der Waals surface area contributed by atoms with Crippen molar-refractivity contribution >= 4 is 28.4 Å². The Morgan fingerprint density at radius 1 is 1.15 bits per heavy atom. The van der Waals surface area contributed by atoms with Crippen molar-refractivity contribution in [3.05, 3.63) is 64.8 Å². The molecular formula is C21H19ClN2O3. The van der Waals surface area contributed by atoms with Gasteiger partial charge < -0.3 is 14.8 Å². The van der Waals surface area contributed by atoms with Gasteiger partial charge in [0, 0.05) is 24.5 Å². The zero-order chi connectivity index (χ0) is 18.6. The Kier molecular flexibility index (Phi) is 5.12. The Morgan fingerprint density at radius 3 is 2.93 bits per heavy atom. The van der Waals surface area contributed by atoms with E-state index in [1.165, 1.54) is 0 Å². The maximum absolute atomic E-state index is 12.4. The molecule has 4 rings (SSSR count). The van der Waals surface area contributed by atoms with Crippen LogP contribution in [0.1, 0.15) is 17.5 Å². The molecule has 0 saturated heterocycles. The number of nitrogens with zero attached hydrogens (tertiary/aromatic N) is 1. The minimum atomic E-state index is -0.0728. The number of halogens is 1. The van der Waals surface area contributed by atoms with E-state index in [-0.39, 0.29) is 12.3 Å². The van der Waals surface area contributed by atoms with E-state index < -0.39 is 0 Å². The number of aromatic nitrogens is 1. The number of ether oxygens (including phenoxy) is 2. The number of carbonyl (C=O) groups is 1. The van der Waals surface area contributed by atoms with Gasteiger partial charge in [-0.25, -0.2) is 0 Å². The molecule has 1 amide bonds. The van der Waals surface area contributed by atoms with Crippen LogP contribution in [0.3, 0.4) is 0 Å². The van der Waals surface area contributed by atoms with Crippen molar-refractivity contribution in [2.45, 2.75) is 19.4 Å². The van der Waals surface area contributed by atoms with Crippen LogP contribution in [0.5, 0.6) is 11.5 Å². The Labute approximate surface area is 162 Å². The van der Waals surface area contributed by atoms with Gasteiger partial charge in [0.15, 0.2) is 11.5 Å². The maximum atomic E-state index is 12.4. The van der Waals surface area contributed by atoms with Crippen LogP contribution in [0.4, 0.5) is 0 Å². The second-order valence-corrected chi connectivity index (χ2v) is 6.81. The van der Waals surface area contributed by atoms with Crippen molar-refractivity contribution in [3.63, 3.8) is 0 Å². The molecule has 1 aliphatic heterocycles. The summed E-state index contributed by atoms with van der Waals surface area (Å²) in [4.78, 5) is 16.8. The lowest BCUT2D eigenvalue weighted by Crippen LogP contribution is -2.24. The molecule has 0 atom stereocenters. The third-order valence-electron chi connectivity index (χ3n) is 4.42. The molecular weight excluding hydrogens is 364 g/mol. The van der Waals surface area contributed by atoms with Gasteiger partial charge in [-0.15, -0.1) is 0 Å². The summed E-state index contributed by atoms with van der Waals surface area (Å²) in [6.45, 7) is 1.54. The molecule has 27 heavy (non-hydrogen) atoms. The summed E-state index contributed by atoms with van der Waals surface area (Å²) in [6, 6.07) is 13.4. The van der Waals surface area contributed by atoms with Crippen molar-refractivity contribution in [2.24, 2.45) is 0 Å². The lowest BCUT2D eigenvalue weighted by molar-refractivity contribution is -0.120. The Morgan fingerprint density at radius 2 is 2.00 bits per heavy atom. The molecule has 6 heteroatoms. The number of amides is 1. The highest BCUT2D eigenvalue weighted by molar-refractivity contribution is 6.32. The van der Waals surface area contributed by atoms with Crippen LogP contribution >= 0.6 is 11.6 Å². The number of fused-ring (bicyclic) bond motifs is 2. The predicted molar refractivity (Wildman–Crippen MR) is 104 cm³/mol. The average Bonchev–Trinajstić information content (AvgIpc) is 2.93. The molecule has 0 radical (unpaired) electrons. The summed E-state index contributed by atoms with van der Waals surface area (Å²) in [5.74, 6) is 1.13. The number of rotatable bonds is 4. The second-order valence-electron chi connectivity index (χ2n) is 6.40.